The maximum absolute atomic E-state index is 2.55. The zero-order chi connectivity index (χ0) is 20.9. The Bertz CT molecular complexity index is 1140. The van der Waals surface area contributed by atoms with Crippen molar-refractivity contribution in [3.63, 3.8) is 0 Å². The van der Waals surface area contributed by atoms with Gasteiger partial charge in [0.2, 0.25) is 0 Å². The van der Waals surface area contributed by atoms with Crippen LogP contribution in [0.1, 0.15) is 22.3 Å². The number of fused-ring (bicyclic) bond motifs is 6. The topological polar surface area (TPSA) is 0 Å². The van der Waals surface area contributed by atoms with Crippen molar-refractivity contribution in [2.75, 3.05) is 0 Å². The molecule has 0 spiro atoms. The molecule has 4 aromatic rings. The lowest BCUT2D eigenvalue weighted by atomic mass is 9.99. The van der Waals surface area contributed by atoms with Gasteiger partial charge in [-0.2, -0.15) is 0 Å². The molecule has 2 heterocycles. The summed E-state index contributed by atoms with van der Waals surface area (Å²) in [6, 6.07) is 33.6. The molecule has 0 radical (unpaired) electrons. The second kappa shape index (κ2) is 7.21. The molecule has 2 aliphatic rings. The lowest BCUT2D eigenvalue weighted by molar-refractivity contribution is 1.18. The summed E-state index contributed by atoms with van der Waals surface area (Å²) < 4.78 is 0. The number of hydrogen-bond donors (Lipinski definition) is 0. The van der Waals surface area contributed by atoms with Crippen molar-refractivity contribution in [3.05, 3.63) is 95.1 Å². The zero-order valence-electron chi connectivity index (χ0n) is 18.8. The van der Waals surface area contributed by atoms with E-state index in [9.17, 15) is 0 Å². The highest BCUT2D eigenvalue weighted by Gasteiger charge is 2.24. The molecule has 0 unspecified atom stereocenters. The predicted octanol–water partition coefficient (Wildman–Crippen LogP) is 7.45. The molecule has 0 saturated heterocycles. The largest absolute Gasteiger partial charge is 0.0689 e. The van der Waals surface area contributed by atoms with Gasteiger partial charge in [-0.1, -0.05) is 110 Å². The maximum atomic E-state index is 2.55. The van der Waals surface area contributed by atoms with Gasteiger partial charge in [0.25, 0.3) is 0 Å². The molecular formula is C28H32Si2. The Morgan fingerprint density at radius 3 is 1.13 bits per heavy atom. The van der Waals surface area contributed by atoms with Crippen molar-refractivity contribution < 1.29 is 0 Å². The fourth-order valence-corrected chi connectivity index (χ4v) is 11.1. The van der Waals surface area contributed by atoms with Crippen LogP contribution in [0.3, 0.4) is 0 Å². The van der Waals surface area contributed by atoms with Crippen LogP contribution in [0.4, 0.5) is 0 Å². The molecule has 0 amide bonds. The Balaban J connectivity index is 1.71. The van der Waals surface area contributed by atoms with E-state index in [0.29, 0.717) is 0 Å². The molecule has 0 aliphatic carbocycles. The van der Waals surface area contributed by atoms with E-state index in [-0.39, 0.29) is 0 Å². The molecule has 0 saturated carbocycles. The highest BCUT2D eigenvalue weighted by molar-refractivity contribution is 6.76. The first-order chi connectivity index (χ1) is 14.3. The summed E-state index contributed by atoms with van der Waals surface area (Å²) in [5.41, 5.74) is 6.07. The molecule has 0 aromatic heterocycles. The van der Waals surface area contributed by atoms with E-state index < -0.39 is 16.1 Å². The Hall–Kier alpha value is -2.17. The van der Waals surface area contributed by atoms with Crippen molar-refractivity contribution in [2.45, 2.75) is 50.4 Å². The monoisotopic (exact) mass is 424 g/mol. The van der Waals surface area contributed by atoms with Crippen LogP contribution in [0.2, 0.25) is 26.2 Å². The van der Waals surface area contributed by atoms with Crippen molar-refractivity contribution in [1.29, 1.82) is 0 Å². The first-order valence-electron chi connectivity index (χ1n) is 11.3. The standard InChI is InChI=1S/C28H32Si2/c1-29(2)17-21-5-7-22(8-6-21)18-30(3,4)20-24-10-12-26-14-13-25-11-9-23(19-29)15-27(25)28(26)16-24/h5-16H,17-20H2,1-4H3. The van der Waals surface area contributed by atoms with Crippen LogP contribution in [0.25, 0.3) is 21.5 Å². The first-order valence-corrected chi connectivity index (χ1v) is 18.1. The summed E-state index contributed by atoms with van der Waals surface area (Å²) >= 11 is 0. The van der Waals surface area contributed by atoms with Gasteiger partial charge in [0, 0.05) is 0 Å². The predicted molar refractivity (Wildman–Crippen MR) is 138 cm³/mol. The fraction of sp³-hybridized carbons (Fsp3) is 0.286. The van der Waals surface area contributed by atoms with Crippen LogP contribution in [0.5, 0.6) is 0 Å². The van der Waals surface area contributed by atoms with Gasteiger partial charge in [-0.3, -0.25) is 0 Å². The number of hydrogen-bond acceptors (Lipinski definition) is 0. The van der Waals surface area contributed by atoms with Gasteiger partial charge in [0.1, 0.15) is 0 Å². The quantitative estimate of drug-likeness (QED) is 0.203. The summed E-state index contributed by atoms with van der Waals surface area (Å²) in [6.07, 6.45) is 0. The van der Waals surface area contributed by atoms with E-state index in [1.807, 2.05) is 0 Å². The third-order valence-electron chi connectivity index (χ3n) is 6.72. The Labute approximate surface area is 183 Å². The molecule has 30 heavy (non-hydrogen) atoms. The van der Waals surface area contributed by atoms with Gasteiger partial charge in [-0.05, 0) is 56.8 Å². The SMILES string of the molecule is C[Si]1(C)Cc2ccc(cc2)C[Si](C)(C)Cc2ccc3ccc4ccc(cc4c3c2)C1. The molecule has 0 fully saturated rings. The minimum atomic E-state index is -1.38. The summed E-state index contributed by atoms with van der Waals surface area (Å²) in [5, 5.41) is 5.61. The lowest BCUT2D eigenvalue weighted by Crippen LogP contribution is -2.33. The van der Waals surface area contributed by atoms with Crippen molar-refractivity contribution in [3.8, 4) is 0 Å². The smallest absolute Gasteiger partial charge is 0.0561 e. The van der Waals surface area contributed by atoms with Crippen molar-refractivity contribution in [2.24, 2.45) is 0 Å². The fourth-order valence-electron chi connectivity index (χ4n) is 5.47. The Morgan fingerprint density at radius 2 is 0.733 bits per heavy atom. The van der Waals surface area contributed by atoms with E-state index in [1.54, 1.807) is 0 Å². The normalized spacial score (nSPS) is 18.0. The molecule has 6 rings (SSSR count). The average molecular weight is 425 g/mol. The summed E-state index contributed by atoms with van der Waals surface area (Å²) in [7, 11) is -2.77. The second-order valence-electron chi connectivity index (χ2n) is 11.0. The first kappa shape index (κ1) is 19.8. The number of benzene rings is 4. The van der Waals surface area contributed by atoms with Crippen LogP contribution < -0.4 is 0 Å². The zero-order valence-corrected chi connectivity index (χ0v) is 20.8. The van der Waals surface area contributed by atoms with E-state index in [4.69, 9.17) is 0 Å². The third kappa shape index (κ3) is 4.04. The molecule has 0 atom stereocenters. The maximum Gasteiger partial charge on any atom is 0.0561 e. The van der Waals surface area contributed by atoms with Gasteiger partial charge in [0.05, 0.1) is 16.1 Å². The van der Waals surface area contributed by atoms with Crippen LogP contribution >= 0.6 is 0 Å². The van der Waals surface area contributed by atoms with Gasteiger partial charge in [0.15, 0.2) is 0 Å². The van der Waals surface area contributed by atoms with Crippen LogP contribution in [0.15, 0.2) is 72.8 Å². The molecule has 2 aliphatic heterocycles. The van der Waals surface area contributed by atoms with Gasteiger partial charge >= 0.3 is 0 Å². The van der Waals surface area contributed by atoms with E-state index in [2.05, 4.69) is 99.0 Å². The highest BCUT2D eigenvalue weighted by atomic mass is 28.3. The molecule has 2 heteroatoms. The van der Waals surface area contributed by atoms with Crippen LogP contribution in [-0.2, 0) is 24.2 Å². The molecule has 152 valence electrons. The van der Waals surface area contributed by atoms with E-state index in [1.165, 1.54) is 68.0 Å². The Kier molecular flexibility index (Phi) is 4.75. The molecule has 0 N–H and O–H groups in total. The van der Waals surface area contributed by atoms with Gasteiger partial charge in [-0.25, -0.2) is 0 Å². The summed E-state index contributed by atoms with van der Waals surface area (Å²) in [6.45, 7) is 10.2. The van der Waals surface area contributed by atoms with E-state index in [0.717, 1.165) is 0 Å². The number of rotatable bonds is 0. The second-order valence-corrected chi connectivity index (χ2v) is 21.1. The van der Waals surface area contributed by atoms with Crippen LogP contribution in [0, 0.1) is 0 Å². The highest BCUT2D eigenvalue weighted by Crippen LogP contribution is 2.30. The summed E-state index contributed by atoms with van der Waals surface area (Å²) in [4.78, 5) is 0. The van der Waals surface area contributed by atoms with Gasteiger partial charge < -0.3 is 0 Å². The molecular weight excluding hydrogens is 392 g/mol. The minimum absolute atomic E-state index is 1.24. The van der Waals surface area contributed by atoms with Crippen molar-refractivity contribution in [1.82, 2.24) is 0 Å². The van der Waals surface area contributed by atoms with Crippen molar-refractivity contribution >= 4 is 37.7 Å². The Morgan fingerprint density at radius 1 is 0.433 bits per heavy atom. The average Bonchev–Trinajstić information content (AvgIpc) is 2.67. The molecule has 0 nitrogen and oxygen atoms in total. The molecule has 6 bridgehead atoms. The molecule has 4 aromatic carbocycles. The lowest BCUT2D eigenvalue weighted by Gasteiger charge is -2.25. The van der Waals surface area contributed by atoms with E-state index >= 15 is 0 Å². The van der Waals surface area contributed by atoms with Crippen LogP contribution in [-0.4, -0.2) is 16.1 Å². The third-order valence-corrected chi connectivity index (χ3v) is 12.2. The minimum Gasteiger partial charge on any atom is -0.0689 e. The summed E-state index contributed by atoms with van der Waals surface area (Å²) in [5.74, 6) is 0. The van der Waals surface area contributed by atoms with Gasteiger partial charge in [-0.15, -0.1) is 0 Å².